The second-order valence-electron chi connectivity index (χ2n) is 5.70. The molecule has 0 saturated carbocycles. The number of anilines is 1. The number of aromatic nitrogens is 4. The molecular weight excluding hydrogens is 314 g/mol. The van der Waals surface area contributed by atoms with Gasteiger partial charge in [-0.15, -0.1) is 0 Å². The molecule has 0 aromatic carbocycles. The zero-order chi connectivity index (χ0) is 17.3. The fourth-order valence-electron chi connectivity index (χ4n) is 2.76. The molecule has 4 atom stereocenters. The van der Waals surface area contributed by atoms with Crippen LogP contribution in [-0.4, -0.2) is 73.3 Å². The van der Waals surface area contributed by atoms with E-state index in [0.717, 1.165) is 0 Å². The minimum absolute atomic E-state index is 0.381. The number of hydrogen-bond donors (Lipinski definition) is 3. The molecule has 24 heavy (non-hydrogen) atoms. The third kappa shape index (κ3) is 2.75. The number of rotatable bonds is 5. The summed E-state index contributed by atoms with van der Waals surface area (Å²) >= 11 is 0. The molecule has 2 aromatic heterocycles. The molecule has 0 aliphatic carbocycles. The number of imidazole rings is 1. The molecule has 0 bridgehead atoms. The van der Waals surface area contributed by atoms with Crippen LogP contribution in [0.2, 0.25) is 0 Å². The van der Waals surface area contributed by atoms with Crippen molar-refractivity contribution >= 4 is 17.0 Å². The number of aliphatic hydroxyl groups excluding tert-OH is 3. The van der Waals surface area contributed by atoms with E-state index in [4.69, 9.17) is 4.74 Å². The SMILES string of the molecule is CC=CCN(C)c1ncnc2c1ncn2[C@@H]1O[C@H](CO)[C@@H](O)[C@H]1O. The van der Waals surface area contributed by atoms with E-state index >= 15 is 0 Å². The van der Waals surface area contributed by atoms with Crippen molar-refractivity contribution in [3.63, 3.8) is 0 Å². The molecule has 1 aliphatic rings. The molecule has 0 radical (unpaired) electrons. The Morgan fingerprint density at radius 3 is 2.75 bits per heavy atom. The first-order chi connectivity index (χ1) is 11.6. The van der Waals surface area contributed by atoms with Crippen LogP contribution in [0.4, 0.5) is 5.82 Å². The fourth-order valence-corrected chi connectivity index (χ4v) is 2.76. The van der Waals surface area contributed by atoms with E-state index in [0.29, 0.717) is 23.5 Å². The van der Waals surface area contributed by atoms with Gasteiger partial charge in [-0.05, 0) is 6.92 Å². The van der Waals surface area contributed by atoms with E-state index in [9.17, 15) is 15.3 Å². The average molecular weight is 335 g/mol. The van der Waals surface area contributed by atoms with E-state index in [1.165, 1.54) is 12.7 Å². The van der Waals surface area contributed by atoms with Gasteiger partial charge >= 0.3 is 0 Å². The molecular formula is C15H21N5O4. The number of allylic oxidation sites excluding steroid dienone is 1. The molecule has 9 heteroatoms. The van der Waals surface area contributed by atoms with Crippen LogP contribution in [0.25, 0.3) is 11.2 Å². The summed E-state index contributed by atoms with van der Waals surface area (Å²) in [6, 6.07) is 0. The monoisotopic (exact) mass is 335 g/mol. The number of nitrogens with zero attached hydrogens (tertiary/aromatic N) is 5. The van der Waals surface area contributed by atoms with Crippen LogP contribution in [0.1, 0.15) is 13.2 Å². The van der Waals surface area contributed by atoms with Crippen LogP contribution >= 0.6 is 0 Å². The fraction of sp³-hybridized carbons (Fsp3) is 0.533. The highest BCUT2D eigenvalue weighted by molar-refractivity contribution is 5.83. The van der Waals surface area contributed by atoms with Crippen LogP contribution in [0, 0.1) is 0 Å². The third-order valence-corrected chi connectivity index (χ3v) is 4.11. The standard InChI is InChI=1S/C15H21N5O4/c1-3-4-5-19(2)13-10-14(17-7-16-13)20(8-18-10)15-12(23)11(22)9(6-21)24-15/h3-4,7-9,11-12,15,21-23H,5-6H2,1-2H3/t9-,11-,12-,15-/m1/s1. The van der Waals surface area contributed by atoms with Crippen molar-refractivity contribution in [1.29, 1.82) is 0 Å². The predicted molar refractivity (Wildman–Crippen MR) is 86.4 cm³/mol. The lowest BCUT2D eigenvalue weighted by Crippen LogP contribution is -2.33. The smallest absolute Gasteiger partial charge is 0.167 e. The summed E-state index contributed by atoms with van der Waals surface area (Å²) in [6.07, 6.45) is 2.79. The van der Waals surface area contributed by atoms with Gasteiger partial charge in [0.1, 0.15) is 24.6 Å². The van der Waals surface area contributed by atoms with Crippen molar-refractivity contribution in [2.75, 3.05) is 25.1 Å². The molecule has 3 rings (SSSR count). The van der Waals surface area contributed by atoms with E-state index in [-0.39, 0.29) is 6.61 Å². The zero-order valence-corrected chi connectivity index (χ0v) is 13.5. The minimum Gasteiger partial charge on any atom is -0.394 e. The van der Waals surface area contributed by atoms with E-state index in [1.54, 1.807) is 4.57 Å². The highest BCUT2D eigenvalue weighted by atomic mass is 16.6. The van der Waals surface area contributed by atoms with Gasteiger partial charge < -0.3 is 25.0 Å². The van der Waals surface area contributed by atoms with Gasteiger partial charge in [-0.3, -0.25) is 4.57 Å². The van der Waals surface area contributed by atoms with Crippen LogP contribution in [0.3, 0.4) is 0 Å². The Balaban J connectivity index is 1.97. The normalized spacial score (nSPS) is 27.4. The maximum atomic E-state index is 10.2. The molecule has 1 fully saturated rings. The van der Waals surface area contributed by atoms with Crippen molar-refractivity contribution in [2.24, 2.45) is 0 Å². The maximum Gasteiger partial charge on any atom is 0.167 e. The van der Waals surface area contributed by atoms with Crippen molar-refractivity contribution in [3.05, 3.63) is 24.8 Å². The Bertz CT molecular complexity index is 734. The average Bonchev–Trinajstić information content (AvgIpc) is 3.14. The molecule has 1 aliphatic heterocycles. The highest BCUT2D eigenvalue weighted by Crippen LogP contribution is 2.32. The van der Waals surface area contributed by atoms with Gasteiger partial charge in [0.05, 0.1) is 12.9 Å². The van der Waals surface area contributed by atoms with Gasteiger partial charge in [-0.25, -0.2) is 15.0 Å². The largest absolute Gasteiger partial charge is 0.394 e. The van der Waals surface area contributed by atoms with Gasteiger partial charge in [0.2, 0.25) is 0 Å². The van der Waals surface area contributed by atoms with Crippen molar-refractivity contribution in [1.82, 2.24) is 19.5 Å². The number of fused-ring (bicyclic) bond motifs is 1. The minimum atomic E-state index is -1.18. The summed E-state index contributed by atoms with van der Waals surface area (Å²) in [5.74, 6) is 0.656. The molecule has 3 N–H and O–H groups in total. The van der Waals surface area contributed by atoms with Crippen LogP contribution in [-0.2, 0) is 4.74 Å². The summed E-state index contributed by atoms with van der Waals surface area (Å²) in [7, 11) is 1.90. The predicted octanol–water partition coefficient (Wildman–Crippen LogP) is -0.550. The maximum absolute atomic E-state index is 10.2. The molecule has 9 nitrogen and oxygen atoms in total. The van der Waals surface area contributed by atoms with Gasteiger partial charge in [-0.1, -0.05) is 12.2 Å². The molecule has 2 aromatic rings. The molecule has 0 spiro atoms. The van der Waals surface area contributed by atoms with E-state index in [2.05, 4.69) is 15.0 Å². The lowest BCUT2D eigenvalue weighted by Gasteiger charge is -2.18. The van der Waals surface area contributed by atoms with Gasteiger partial charge in [0.15, 0.2) is 23.2 Å². The lowest BCUT2D eigenvalue weighted by molar-refractivity contribution is -0.0511. The van der Waals surface area contributed by atoms with Crippen molar-refractivity contribution in [2.45, 2.75) is 31.5 Å². The molecule has 3 heterocycles. The number of aliphatic hydroxyl groups is 3. The van der Waals surface area contributed by atoms with Gasteiger partial charge in [-0.2, -0.15) is 0 Å². The van der Waals surface area contributed by atoms with Gasteiger partial charge in [0.25, 0.3) is 0 Å². The van der Waals surface area contributed by atoms with Crippen molar-refractivity contribution in [3.8, 4) is 0 Å². The number of hydrogen-bond acceptors (Lipinski definition) is 8. The summed E-state index contributed by atoms with van der Waals surface area (Å²) in [5, 5.41) is 29.3. The molecule has 0 unspecified atom stereocenters. The second kappa shape index (κ2) is 6.81. The second-order valence-corrected chi connectivity index (χ2v) is 5.70. The Kier molecular flexibility index (Phi) is 4.76. The van der Waals surface area contributed by atoms with Crippen LogP contribution in [0.5, 0.6) is 0 Å². The van der Waals surface area contributed by atoms with E-state index in [1.807, 2.05) is 31.0 Å². The Hall–Kier alpha value is -2.07. The van der Waals surface area contributed by atoms with Crippen LogP contribution < -0.4 is 4.90 Å². The highest BCUT2D eigenvalue weighted by Gasteiger charge is 2.44. The Morgan fingerprint density at radius 1 is 1.29 bits per heavy atom. The summed E-state index contributed by atoms with van der Waals surface area (Å²) in [5.41, 5.74) is 1.06. The molecule has 1 saturated heterocycles. The first-order valence-corrected chi connectivity index (χ1v) is 7.70. The quantitative estimate of drug-likeness (QED) is 0.623. The van der Waals surface area contributed by atoms with Crippen molar-refractivity contribution < 1.29 is 20.1 Å². The summed E-state index contributed by atoms with van der Waals surface area (Å²) in [6.45, 7) is 2.23. The Labute approximate surface area is 138 Å². The third-order valence-electron chi connectivity index (χ3n) is 4.11. The number of ether oxygens (including phenoxy) is 1. The summed E-state index contributed by atoms with van der Waals surface area (Å²) < 4.78 is 7.09. The topological polar surface area (TPSA) is 117 Å². The zero-order valence-electron chi connectivity index (χ0n) is 13.5. The Morgan fingerprint density at radius 2 is 2.08 bits per heavy atom. The first kappa shape index (κ1) is 16.8. The van der Waals surface area contributed by atoms with Gasteiger partial charge in [0, 0.05) is 13.6 Å². The summed E-state index contributed by atoms with van der Waals surface area (Å²) in [4.78, 5) is 14.8. The van der Waals surface area contributed by atoms with Crippen LogP contribution in [0.15, 0.2) is 24.8 Å². The van der Waals surface area contributed by atoms with E-state index < -0.39 is 24.5 Å². The molecule has 130 valence electrons. The number of likely N-dealkylation sites (N-methyl/N-ethyl adjacent to an activating group) is 1. The first-order valence-electron chi connectivity index (χ1n) is 7.70. The molecule has 0 amide bonds. The lowest BCUT2D eigenvalue weighted by atomic mass is 10.1.